The van der Waals surface area contributed by atoms with E-state index in [1.165, 1.54) is 4.90 Å². The van der Waals surface area contributed by atoms with Gasteiger partial charge in [0, 0.05) is 26.2 Å². The van der Waals surface area contributed by atoms with Gasteiger partial charge in [-0.25, -0.2) is 0 Å². The zero-order chi connectivity index (χ0) is 22.9. The molecule has 2 N–H and O–H groups in total. The number of fused-ring (bicyclic) bond motifs is 1. The summed E-state index contributed by atoms with van der Waals surface area (Å²) >= 11 is 0. The van der Waals surface area contributed by atoms with Gasteiger partial charge in [0.05, 0.1) is 17.9 Å². The van der Waals surface area contributed by atoms with Gasteiger partial charge < -0.3 is 24.7 Å². The van der Waals surface area contributed by atoms with Gasteiger partial charge in [-0.3, -0.25) is 14.4 Å². The first kappa shape index (κ1) is 22.5. The van der Waals surface area contributed by atoms with E-state index < -0.39 is 35.6 Å². The summed E-state index contributed by atoms with van der Waals surface area (Å²) in [5, 5.41) is 19.0. The maximum absolute atomic E-state index is 13.9. The minimum Gasteiger partial charge on any atom is -0.481 e. The fourth-order valence-electron chi connectivity index (χ4n) is 5.71. The molecular weight excluding hydrogens is 412 g/mol. The van der Waals surface area contributed by atoms with E-state index in [0.29, 0.717) is 38.8 Å². The standard InChI is InChI=1S/C24H30N2O6/c1-2-12-25(15-16-8-4-3-5-9-16)22(29)20-24-11-10-17(32-24)18(23(30)31)19(24)21(28)26(20)13-6-7-14-27/h2-5,8-9,17-20,27H,1,6-7,10-15H2,(H,30,31)/t17-,18+,19+,20-,24+/m1/s1. The van der Waals surface area contributed by atoms with E-state index in [-0.39, 0.29) is 25.0 Å². The van der Waals surface area contributed by atoms with Crippen molar-refractivity contribution >= 4 is 17.8 Å². The van der Waals surface area contributed by atoms with Crippen LogP contribution in [0.2, 0.25) is 0 Å². The summed E-state index contributed by atoms with van der Waals surface area (Å²) in [5.74, 6) is -3.42. The Morgan fingerprint density at radius 1 is 1.28 bits per heavy atom. The summed E-state index contributed by atoms with van der Waals surface area (Å²) in [6.45, 7) is 4.71. The zero-order valence-corrected chi connectivity index (χ0v) is 18.1. The Morgan fingerprint density at radius 2 is 2.03 bits per heavy atom. The topological polar surface area (TPSA) is 107 Å². The van der Waals surface area contributed by atoms with Crippen LogP contribution >= 0.6 is 0 Å². The van der Waals surface area contributed by atoms with Gasteiger partial charge in [0.25, 0.3) is 0 Å². The number of carboxylic acid groups (broad SMARTS) is 1. The summed E-state index contributed by atoms with van der Waals surface area (Å²) in [5.41, 5.74) is -0.162. The Balaban J connectivity index is 1.69. The Labute approximate surface area is 187 Å². The van der Waals surface area contributed by atoms with E-state index in [1.807, 2.05) is 30.3 Å². The molecule has 0 radical (unpaired) electrons. The fraction of sp³-hybridized carbons (Fsp3) is 0.542. The van der Waals surface area contributed by atoms with Gasteiger partial charge in [0.15, 0.2) is 0 Å². The molecule has 0 aromatic heterocycles. The first-order valence-electron chi connectivity index (χ1n) is 11.2. The molecule has 0 aliphatic carbocycles. The number of amides is 2. The van der Waals surface area contributed by atoms with Crippen LogP contribution in [0.15, 0.2) is 43.0 Å². The van der Waals surface area contributed by atoms with Crippen molar-refractivity contribution < 1.29 is 29.3 Å². The number of hydrogen-bond donors (Lipinski definition) is 2. The lowest BCUT2D eigenvalue weighted by Gasteiger charge is -2.36. The van der Waals surface area contributed by atoms with Gasteiger partial charge in [-0.15, -0.1) is 6.58 Å². The second-order valence-corrected chi connectivity index (χ2v) is 8.85. The van der Waals surface area contributed by atoms with Crippen molar-refractivity contribution in [3.63, 3.8) is 0 Å². The van der Waals surface area contributed by atoms with E-state index in [1.54, 1.807) is 11.0 Å². The number of likely N-dealkylation sites (tertiary alicyclic amines) is 1. The van der Waals surface area contributed by atoms with Crippen LogP contribution in [-0.2, 0) is 25.7 Å². The van der Waals surface area contributed by atoms with Gasteiger partial charge >= 0.3 is 5.97 Å². The highest BCUT2D eigenvalue weighted by atomic mass is 16.5. The summed E-state index contributed by atoms with van der Waals surface area (Å²) < 4.78 is 6.21. The molecule has 1 aromatic carbocycles. The second-order valence-electron chi connectivity index (χ2n) is 8.85. The molecular formula is C24H30N2O6. The summed E-state index contributed by atoms with van der Waals surface area (Å²) in [7, 11) is 0. The largest absolute Gasteiger partial charge is 0.481 e. The van der Waals surface area contributed by atoms with Gasteiger partial charge in [0.2, 0.25) is 11.8 Å². The first-order valence-corrected chi connectivity index (χ1v) is 11.2. The molecule has 3 aliphatic rings. The van der Waals surface area contributed by atoms with Gasteiger partial charge in [-0.05, 0) is 31.2 Å². The molecule has 3 saturated heterocycles. The third-order valence-corrected chi connectivity index (χ3v) is 7.00. The number of benzene rings is 1. The quantitative estimate of drug-likeness (QED) is 0.419. The number of carbonyl (C=O) groups excluding carboxylic acids is 2. The van der Waals surface area contributed by atoms with Crippen molar-refractivity contribution in [3.05, 3.63) is 48.6 Å². The predicted molar refractivity (Wildman–Crippen MR) is 115 cm³/mol. The Morgan fingerprint density at radius 3 is 2.69 bits per heavy atom. The molecule has 8 heteroatoms. The highest BCUT2D eigenvalue weighted by Gasteiger charge is 2.74. The maximum atomic E-state index is 13.9. The average molecular weight is 443 g/mol. The lowest BCUT2D eigenvalue weighted by molar-refractivity contribution is -0.151. The number of hydrogen-bond acceptors (Lipinski definition) is 5. The third kappa shape index (κ3) is 3.61. The molecule has 4 rings (SSSR count). The molecule has 172 valence electrons. The van der Waals surface area contributed by atoms with E-state index in [0.717, 1.165) is 5.56 Å². The minimum absolute atomic E-state index is 0.0118. The van der Waals surface area contributed by atoms with Crippen molar-refractivity contribution in [2.24, 2.45) is 11.8 Å². The van der Waals surface area contributed by atoms with E-state index in [2.05, 4.69) is 6.58 Å². The van der Waals surface area contributed by atoms with E-state index >= 15 is 0 Å². The number of aliphatic carboxylic acids is 1. The van der Waals surface area contributed by atoms with E-state index in [9.17, 15) is 24.6 Å². The Bertz CT molecular complexity index is 890. The van der Waals surface area contributed by atoms with Crippen molar-refractivity contribution in [1.82, 2.24) is 9.80 Å². The molecule has 32 heavy (non-hydrogen) atoms. The monoisotopic (exact) mass is 442 g/mol. The minimum atomic E-state index is -1.11. The highest BCUT2D eigenvalue weighted by Crippen LogP contribution is 2.58. The number of unbranched alkanes of at least 4 members (excludes halogenated alkanes) is 1. The van der Waals surface area contributed by atoms with Crippen LogP contribution in [0.3, 0.4) is 0 Å². The number of aliphatic hydroxyl groups excluding tert-OH is 1. The molecule has 2 amide bonds. The van der Waals surface area contributed by atoms with Crippen LogP contribution in [0.1, 0.15) is 31.2 Å². The summed E-state index contributed by atoms with van der Waals surface area (Å²) in [6, 6.07) is 8.70. The molecule has 1 aromatic rings. The SMILES string of the molecule is C=CCN(Cc1ccccc1)C(=O)[C@H]1N(CCCCO)C(=O)[C@@H]2[C@@H](C(=O)O)[C@H]3CC[C@]21O3. The maximum Gasteiger partial charge on any atom is 0.310 e. The van der Waals surface area contributed by atoms with Crippen LogP contribution < -0.4 is 0 Å². The number of aliphatic hydroxyl groups is 1. The molecule has 0 unspecified atom stereocenters. The van der Waals surface area contributed by atoms with E-state index in [4.69, 9.17) is 4.74 Å². The Kier molecular flexibility index (Phi) is 6.35. The highest BCUT2D eigenvalue weighted by molar-refractivity contribution is 5.98. The summed E-state index contributed by atoms with van der Waals surface area (Å²) in [6.07, 6.45) is 3.13. The van der Waals surface area contributed by atoms with Gasteiger partial charge in [-0.2, -0.15) is 0 Å². The molecule has 3 aliphatic heterocycles. The average Bonchev–Trinajstić information content (AvgIpc) is 3.42. The number of nitrogens with zero attached hydrogens (tertiary/aromatic N) is 2. The summed E-state index contributed by atoms with van der Waals surface area (Å²) in [4.78, 5) is 42.6. The second kappa shape index (κ2) is 9.03. The molecule has 5 atom stereocenters. The molecule has 1 spiro atoms. The number of carboxylic acids is 1. The van der Waals surface area contributed by atoms with Crippen LogP contribution in [0.25, 0.3) is 0 Å². The van der Waals surface area contributed by atoms with Crippen LogP contribution in [0, 0.1) is 11.8 Å². The van der Waals surface area contributed by atoms with Crippen LogP contribution in [0.4, 0.5) is 0 Å². The number of rotatable bonds is 10. The third-order valence-electron chi connectivity index (χ3n) is 7.00. The molecule has 0 saturated carbocycles. The van der Waals surface area contributed by atoms with Gasteiger partial charge in [-0.1, -0.05) is 36.4 Å². The molecule has 3 heterocycles. The lowest BCUT2D eigenvalue weighted by Crippen LogP contribution is -2.56. The van der Waals surface area contributed by atoms with Crippen LogP contribution in [-0.4, -0.2) is 75.2 Å². The van der Waals surface area contributed by atoms with Crippen LogP contribution in [0.5, 0.6) is 0 Å². The van der Waals surface area contributed by atoms with Crippen molar-refractivity contribution in [2.75, 3.05) is 19.7 Å². The molecule has 8 nitrogen and oxygen atoms in total. The van der Waals surface area contributed by atoms with Gasteiger partial charge in [0.1, 0.15) is 11.6 Å². The van der Waals surface area contributed by atoms with Crippen molar-refractivity contribution in [3.8, 4) is 0 Å². The number of ether oxygens (including phenoxy) is 1. The normalized spacial score (nSPS) is 30.4. The Hall–Kier alpha value is -2.71. The smallest absolute Gasteiger partial charge is 0.310 e. The molecule has 2 bridgehead atoms. The molecule has 3 fully saturated rings. The first-order chi connectivity index (χ1) is 15.4. The fourth-order valence-corrected chi connectivity index (χ4v) is 5.71. The zero-order valence-electron chi connectivity index (χ0n) is 18.1. The predicted octanol–water partition coefficient (Wildman–Crippen LogP) is 1.43. The van der Waals surface area contributed by atoms with Crippen molar-refractivity contribution in [2.45, 2.75) is 50.0 Å². The lowest BCUT2D eigenvalue weighted by atomic mass is 9.70. The van der Waals surface area contributed by atoms with Crippen molar-refractivity contribution in [1.29, 1.82) is 0 Å². The number of carbonyl (C=O) groups is 3.